The lowest BCUT2D eigenvalue weighted by molar-refractivity contribution is -0.133. The molecule has 7 nitrogen and oxygen atoms in total. The molecule has 2 atom stereocenters. The first kappa shape index (κ1) is 29.6. The number of benzene rings is 3. The van der Waals surface area contributed by atoms with Gasteiger partial charge in [-0.1, -0.05) is 72.3 Å². The molecule has 2 heterocycles. The van der Waals surface area contributed by atoms with Crippen molar-refractivity contribution >= 4 is 23.4 Å². The molecule has 4 N–H and O–H groups in total. The molecule has 1 aliphatic heterocycles. The quantitative estimate of drug-likeness (QED) is 0.217. The van der Waals surface area contributed by atoms with E-state index in [4.69, 9.17) is 21.8 Å². The summed E-state index contributed by atoms with van der Waals surface area (Å²) >= 11 is 5.99. The summed E-state index contributed by atoms with van der Waals surface area (Å²) in [5.74, 6) is 0.666. The maximum Gasteiger partial charge on any atom is 0.287 e. The lowest BCUT2D eigenvalue weighted by atomic mass is 9.90. The molecule has 0 aliphatic carbocycles. The van der Waals surface area contributed by atoms with Gasteiger partial charge in [-0.2, -0.15) is 0 Å². The number of nitrogens with two attached hydrogens (primary N) is 1. The molecule has 218 valence electrons. The van der Waals surface area contributed by atoms with Crippen LogP contribution in [-0.4, -0.2) is 55.0 Å². The highest BCUT2D eigenvalue weighted by Gasteiger charge is 2.32. The van der Waals surface area contributed by atoms with Crippen molar-refractivity contribution in [2.24, 2.45) is 5.73 Å². The molecule has 0 radical (unpaired) electrons. The highest BCUT2D eigenvalue weighted by molar-refractivity contribution is 6.30. The van der Waals surface area contributed by atoms with Crippen molar-refractivity contribution < 1.29 is 14.0 Å². The zero-order chi connectivity index (χ0) is 29.3. The Bertz CT molecular complexity index is 1400. The average Bonchev–Trinajstić information content (AvgIpc) is 3.47. The summed E-state index contributed by atoms with van der Waals surface area (Å²) in [7, 11) is 0. The van der Waals surface area contributed by atoms with Crippen LogP contribution in [0, 0.1) is 0 Å². The molecule has 0 saturated carbocycles. The number of furan rings is 1. The summed E-state index contributed by atoms with van der Waals surface area (Å²) in [6.45, 7) is 2.05. The molecule has 5 rings (SSSR count). The van der Waals surface area contributed by atoms with E-state index in [2.05, 4.69) is 34.9 Å². The molecule has 1 fully saturated rings. The third-order valence-corrected chi connectivity index (χ3v) is 8.02. The fourth-order valence-corrected chi connectivity index (χ4v) is 5.60. The summed E-state index contributed by atoms with van der Waals surface area (Å²) in [4.78, 5) is 28.8. The van der Waals surface area contributed by atoms with Crippen molar-refractivity contribution in [1.82, 2.24) is 15.5 Å². The molecule has 0 spiro atoms. The Balaban J connectivity index is 1.27. The molecule has 1 aliphatic rings. The molecular weight excluding hydrogens is 548 g/mol. The van der Waals surface area contributed by atoms with E-state index >= 15 is 0 Å². The van der Waals surface area contributed by atoms with Gasteiger partial charge in [0.2, 0.25) is 5.91 Å². The lowest BCUT2D eigenvalue weighted by Gasteiger charge is -2.29. The number of nitrogens with zero attached hydrogens (tertiary/aromatic N) is 1. The van der Waals surface area contributed by atoms with Gasteiger partial charge >= 0.3 is 0 Å². The van der Waals surface area contributed by atoms with Gasteiger partial charge in [0.05, 0.1) is 6.04 Å². The molecule has 3 aromatic carbocycles. The van der Waals surface area contributed by atoms with Crippen LogP contribution in [0.1, 0.15) is 46.9 Å². The Kier molecular flexibility index (Phi) is 10.1. The topological polar surface area (TPSA) is 101 Å². The Morgan fingerprint density at radius 1 is 0.976 bits per heavy atom. The van der Waals surface area contributed by atoms with Crippen LogP contribution in [0.2, 0.25) is 5.02 Å². The zero-order valence-corrected chi connectivity index (χ0v) is 24.3. The molecular formula is C34H37ClN4O3. The van der Waals surface area contributed by atoms with Crippen LogP contribution in [0.3, 0.4) is 0 Å². The standard InChI is InChI=1S/C34H37ClN4O3/c35-27-15-13-26(14-16-27)31-17-18-32(42-31)33(40)37-22-28-19-21-39(34(41)30(38-28)12-7-20-36)23-29(24-8-3-1-4-9-24)25-10-5-2-6-11-25/h1-6,8-11,13-18,28-30,38H,7,12,19-23,36H2,(H,37,40). The summed E-state index contributed by atoms with van der Waals surface area (Å²) in [6, 6.07) is 30.9. The van der Waals surface area contributed by atoms with E-state index in [0.29, 0.717) is 49.8 Å². The molecule has 4 aromatic rings. The van der Waals surface area contributed by atoms with Gasteiger partial charge in [0.1, 0.15) is 5.76 Å². The molecule has 42 heavy (non-hydrogen) atoms. The third kappa shape index (κ3) is 7.48. The van der Waals surface area contributed by atoms with Crippen LogP contribution in [0.4, 0.5) is 0 Å². The van der Waals surface area contributed by atoms with E-state index in [1.165, 1.54) is 11.1 Å². The smallest absolute Gasteiger partial charge is 0.287 e. The van der Waals surface area contributed by atoms with E-state index in [9.17, 15) is 9.59 Å². The third-order valence-electron chi connectivity index (χ3n) is 7.77. The first-order chi connectivity index (χ1) is 20.5. The SMILES string of the molecule is NCCCC1NC(CNC(=O)c2ccc(-c3ccc(Cl)cc3)o2)CCN(CC(c2ccccc2)c2ccccc2)C1=O. The minimum Gasteiger partial charge on any atom is -0.451 e. The molecule has 0 bridgehead atoms. The van der Waals surface area contributed by atoms with Gasteiger partial charge in [-0.25, -0.2) is 0 Å². The Morgan fingerprint density at radius 3 is 2.29 bits per heavy atom. The predicted octanol–water partition coefficient (Wildman–Crippen LogP) is 5.46. The number of carbonyl (C=O) groups excluding carboxylic acids is 2. The second-order valence-electron chi connectivity index (χ2n) is 10.7. The van der Waals surface area contributed by atoms with Gasteiger partial charge in [-0.15, -0.1) is 0 Å². The Labute approximate surface area is 252 Å². The van der Waals surface area contributed by atoms with Gasteiger partial charge in [-0.3, -0.25) is 9.59 Å². The van der Waals surface area contributed by atoms with E-state index in [-0.39, 0.29) is 35.6 Å². The number of hydrogen-bond acceptors (Lipinski definition) is 5. The van der Waals surface area contributed by atoms with Gasteiger partial charge in [0.25, 0.3) is 5.91 Å². The second-order valence-corrected chi connectivity index (χ2v) is 11.1. The van der Waals surface area contributed by atoms with E-state index in [1.54, 1.807) is 24.3 Å². The average molecular weight is 585 g/mol. The fraction of sp³-hybridized carbons (Fsp3) is 0.294. The number of amides is 2. The zero-order valence-electron chi connectivity index (χ0n) is 23.5. The van der Waals surface area contributed by atoms with Crippen molar-refractivity contribution in [1.29, 1.82) is 0 Å². The molecule has 1 saturated heterocycles. The minimum absolute atomic E-state index is 0.0524. The first-order valence-corrected chi connectivity index (χ1v) is 14.9. The normalized spacial score (nSPS) is 17.3. The van der Waals surface area contributed by atoms with Gasteiger partial charge in [-0.05, 0) is 73.3 Å². The van der Waals surface area contributed by atoms with Gasteiger partial charge in [0, 0.05) is 42.2 Å². The lowest BCUT2D eigenvalue weighted by Crippen LogP contribution is -2.49. The Morgan fingerprint density at radius 2 is 1.64 bits per heavy atom. The van der Waals surface area contributed by atoms with E-state index in [0.717, 1.165) is 12.0 Å². The van der Waals surface area contributed by atoms with Crippen LogP contribution in [0.5, 0.6) is 0 Å². The summed E-state index contributed by atoms with van der Waals surface area (Å²) in [6.07, 6.45) is 2.08. The number of hydrogen-bond donors (Lipinski definition) is 3. The maximum absolute atomic E-state index is 13.8. The van der Waals surface area contributed by atoms with Crippen molar-refractivity contribution in [2.75, 3.05) is 26.2 Å². The molecule has 8 heteroatoms. The van der Waals surface area contributed by atoms with E-state index < -0.39 is 0 Å². The minimum atomic E-state index is -0.370. The van der Waals surface area contributed by atoms with Crippen LogP contribution < -0.4 is 16.4 Å². The predicted molar refractivity (Wildman–Crippen MR) is 166 cm³/mol. The maximum atomic E-state index is 13.8. The summed E-state index contributed by atoms with van der Waals surface area (Å²) < 4.78 is 5.82. The van der Waals surface area contributed by atoms with E-state index in [1.807, 2.05) is 53.4 Å². The highest BCUT2D eigenvalue weighted by Crippen LogP contribution is 2.27. The van der Waals surface area contributed by atoms with Crippen LogP contribution in [-0.2, 0) is 4.79 Å². The summed E-state index contributed by atoms with van der Waals surface area (Å²) in [5, 5.41) is 7.16. The largest absolute Gasteiger partial charge is 0.451 e. The van der Waals surface area contributed by atoms with Crippen molar-refractivity contribution in [3.8, 4) is 11.3 Å². The molecule has 2 unspecified atom stereocenters. The number of nitrogens with one attached hydrogen (secondary N) is 2. The van der Waals surface area contributed by atoms with Crippen molar-refractivity contribution in [3.63, 3.8) is 0 Å². The van der Waals surface area contributed by atoms with Crippen LogP contribution in [0.25, 0.3) is 11.3 Å². The van der Waals surface area contributed by atoms with Gasteiger partial charge < -0.3 is 25.7 Å². The summed E-state index contributed by atoms with van der Waals surface area (Å²) in [5.41, 5.74) is 9.01. The molecule has 2 amide bonds. The number of carbonyl (C=O) groups is 2. The highest BCUT2D eigenvalue weighted by atomic mass is 35.5. The van der Waals surface area contributed by atoms with Crippen LogP contribution in [0.15, 0.2) is 101 Å². The van der Waals surface area contributed by atoms with Gasteiger partial charge in [0.15, 0.2) is 5.76 Å². The fourth-order valence-electron chi connectivity index (χ4n) is 5.48. The number of rotatable bonds is 11. The number of halogens is 1. The monoisotopic (exact) mass is 584 g/mol. The molecule has 1 aromatic heterocycles. The second kappa shape index (κ2) is 14.3. The van der Waals surface area contributed by atoms with Crippen LogP contribution >= 0.6 is 11.6 Å². The first-order valence-electron chi connectivity index (χ1n) is 14.5. The Hall–Kier alpha value is -3.91. The van der Waals surface area contributed by atoms with Crippen molar-refractivity contribution in [3.05, 3.63) is 119 Å². The van der Waals surface area contributed by atoms with Crippen molar-refractivity contribution in [2.45, 2.75) is 37.3 Å².